The minimum atomic E-state index is -4.39. The molecule has 13 N–H and O–H groups in total. The van der Waals surface area contributed by atoms with Gasteiger partial charge in [0.15, 0.2) is 11.5 Å². The molecular weight excluding hydrogens is 1120 g/mol. The van der Waals surface area contributed by atoms with Crippen molar-refractivity contribution in [3.05, 3.63) is 80.9 Å². The number of hydrogen-bond acceptors (Lipinski definition) is 28. The van der Waals surface area contributed by atoms with Gasteiger partial charge in [-0.05, 0) is 53.6 Å². The summed E-state index contributed by atoms with van der Waals surface area (Å²) in [4.78, 5) is 95.9. The summed E-state index contributed by atoms with van der Waals surface area (Å²) in [7, 11) is 0. The van der Waals surface area contributed by atoms with E-state index in [4.69, 9.17) is 104 Å². The fourth-order valence-corrected chi connectivity index (χ4v) is 13.0. The van der Waals surface area contributed by atoms with Crippen molar-refractivity contribution in [3.8, 4) is 0 Å². The number of ether oxygens (including phenoxy) is 4. The van der Waals surface area contributed by atoms with E-state index in [9.17, 15) is 39.3 Å². The van der Waals surface area contributed by atoms with Crippen LogP contribution in [0.3, 0.4) is 0 Å². The standard InChI is InChI=1S/C37H49N14O18P3S3/c38-25-1-4-48(35(54)45-25)28-7-17(53)22(64-28)12-60-70(57,73)69-20-10-31(51-16-44-32-33(41)42-15-43-34(32)51)66-24(20)14-62-72(59,75)68-19-9-30(50-6-3-27(40)47-37(50)56)65-23(19)13-61-71(58,74)67-18-8-29(63-21(18)11-52)49-5-2-26(39)46-36(49)55/h1-6,15-24,28-31,52-53H,7-14H2,(H,57,73)(H,58,74)(H,59,75)(H2,38,45,54)(H2,39,46,55)(H2,40,47,56)(H2,41,42,43)/t17-,18-,19-,20-,21+,22+,23+,24+,28+,29+,30+,31+,70?,71?,72?/m0/s1. The van der Waals surface area contributed by atoms with Crippen molar-refractivity contribution in [2.75, 3.05) is 49.4 Å². The Morgan fingerprint density at radius 2 is 0.960 bits per heavy atom. The zero-order chi connectivity index (χ0) is 53.6. The Hall–Kier alpha value is -4.26. The van der Waals surface area contributed by atoms with E-state index in [2.05, 4.69) is 29.9 Å². The highest BCUT2D eigenvalue weighted by Gasteiger charge is 2.46. The van der Waals surface area contributed by atoms with Crippen LogP contribution in [0.1, 0.15) is 50.6 Å². The lowest BCUT2D eigenvalue weighted by Crippen LogP contribution is -2.31. The molecule has 4 saturated heterocycles. The van der Waals surface area contributed by atoms with Crippen LogP contribution in [0.4, 0.5) is 23.3 Å². The lowest BCUT2D eigenvalue weighted by Gasteiger charge is -2.28. The number of nitrogens with two attached hydrogens (primary N) is 4. The first-order valence-corrected chi connectivity index (χ1v) is 30.2. The van der Waals surface area contributed by atoms with E-state index < -0.39 is 137 Å². The molecule has 0 spiro atoms. The second kappa shape index (κ2) is 22.6. The normalized spacial score (nSPS) is 30.4. The van der Waals surface area contributed by atoms with E-state index in [0.29, 0.717) is 0 Å². The zero-order valence-corrected chi connectivity index (χ0v) is 43.7. The summed E-state index contributed by atoms with van der Waals surface area (Å²) in [6.45, 7) is -15.1. The molecule has 0 aliphatic carbocycles. The highest BCUT2D eigenvalue weighted by atomic mass is 32.5. The zero-order valence-electron chi connectivity index (χ0n) is 38.6. The van der Waals surface area contributed by atoms with Gasteiger partial charge in [0.05, 0.1) is 57.2 Å². The third-order valence-corrected chi connectivity index (χ3v) is 16.9. The fourth-order valence-electron chi connectivity index (χ4n) is 8.57. The van der Waals surface area contributed by atoms with Crippen molar-refractivity contribution < 1.29 is 71.0 Å². The average Bonchev–Trinajstić information content (AvgIpc) is 4.19. The number of imidazole rings is 1. The van der Waals surface area contributed by atoms with Gasteiger partial charge in [-0.25, -0.2) is 29.3 Å². The number of fused-ring (bicyclic) bond motifs is 1. The maximum atomic E-state index is 12.9. The number of nitrogens with zero attached hydrogens (tertiary/aromatic N) is 10. The molecule has 0 bridgehead atoms. The molecule has 75 heavy (non-hydrogen) atoms. The molecule has 0 aromatic carbocycles. The van der Waals surface area contributed by atoms with Crippen molar-refractivity contribution in [2.24, 2.45) is 0 Å². The molecule has 38 heteroatoms. The number of aromatic nitrogens is 10. The van der Waals surface area contributed by atoms with Gasteiger partial charge in [0.1, 0.15) is 78.6 Å². The molecule has 3 unspecified atom stereocenters. The highest BCUT2D eigenvalue weighted by Crippen LogP contribution is 2.54. The molecular formula is C37H49N14O18P3S3. The van der Waals surface area contributed by atoms with Crippen molar-refractivity contribution in [2.45, 2.75) is 99.4 Å². The van der Waals surface area contributed by atoms with E-state index in [1.165, 1.54) is 54.0 Å². The van der Waals surface area contributed by atoms with E-state index in [1.54, 1.807) is 0 Å². The Morgan fingerprint density at radius 3 is 1.40 bits per heavy atom. The summed E-state index contributed by atoms with van der Waals surface area (Å²) in [5.74, 6) is -0.00823. The molecule has 5 aromatic rings. The maximum Gasteiger partial charge on any atom is 0.351 e. The topological polar surface area (TPSA) is 446 Å². The second-order valence-electron chi connectivity index (χ2n) is 17.1. The minimum absolute atomic E-state index is 0.00360. The van der Waals surface area contributed by atoms with Gasteiger partial charge in [-0.3, -0.25) is 18.3 Å². The Bertz CT molecular complexity index is 3240. The molecule has 408 valence electrons. The summed E-state index contributed by atoms with van der Waals surface area (Å²) in [6.07, 6.45) is -6.87. The molecule has 0 radical (unpaired) electrons. The number of hydrogen-bond donors (Lipinski definition) is 9. The summed E-state index contributed by atoms with van der Waals surface area (Å²) >= 11 is 16.2. The van der Waals surface area contributed by atoms with Gasteiger partial charge in [0.25, 0.3) is 0 Å². The van der Waals surface area contributed by atoms with Gasteiger partial charge in [-0.15, -0.1) is 0 Å². The molecule has 9 rings (SSSR count). The summed E-state index contributed by atoms with van der Waals surface area (Å²) in [5, 5.41) is 20.9. The third kappa shape index (κ3) is 13.0. The first-order chi connectivity index (χ1) is 35.5. The lowest BCUT2D eigenvalue weighted by atomic mass is 10.2. The fraction of sp³-hybridized carbons (Fsp3) is 0.541. The van der Waals surface area contributed by atoms with E-state index >= 15 is 0 Å². The summed E-state index contributed by atoms with van der Waals surface area (Å²) < 4.78 is 64.0. The van der Waals surface area contributed by atoms with E-state index in [1.807, 2.05) is 0 Å². The quantitative estimate of drug-likeness (QED) is 0.0392. The van der Waals surface area contributed by atoms with Crippen LogP contribution in [-0.4, -0.2) is 148 Å². The molecule has 4 aliphatic heterocycles. The van der Waals surface area contributed by atoms with Crippen LogP contribution < -0.4 is 40.0 Å². The largest absolute Gasteiger partial charge is 0.394 e. The van der Waals surface area contributed by atoms with Crippen molar-refractivity contribution in [1.82, 2.24) is 48.2 Å². The van der Waals surface area contributed by atoms with Gasteiger partial charge in [0.2, 0.25) is 0 Å². The molecule has 0 amide bonds. The first kappa shape index (κ1) is 55.5. The van der Waals surface area contributed by atoms with Gasteiger partial charge >= 0.3 is 37.2 Å². The van der Waals surface area contributed by atoms with Crippen molar-refractivity contribution in [3.63, 3.8) is 0 Å². The summed E-state index contributed by atoms with van der Waals surface area (Å²) in [5.41, 5.74) is 21.3. The van der Waals surface area contributed by atoms with Crippen LogP contribution >= 0.6 is 20.2 Å². The van der Waals surface area contributed by atoms with Crippen LogP contribution in [0.25, 0.3) is 11.2 Å². The molecule has 5 aromatic heterocycles. The molecule has 9 heterocycles. The number of aliphatic hydroxyl groups is 2. The van der Waals surface area contributed by atoms with E-state index in [-0.39, 0.29) is 60.1 Å². The lowest BCUT2D eigenvalue weighted by molar-refractivity contribution is -0.0564. The molecule has 0 saturated carbocycles. The number of nitrogen functional groups attached to an aromatic ring is 4. The second-order valence-corrected chi connectivity index (χ2v) is 25.5. The predicted molar refractivity (Wildman–Crippen MR) is 268 cm³/mol. The number of anilines is 4. The molecule has 4 aliphatic rings. The van der Waals surface area contributed by atoms with Gasteiger partial charge in [0, 0.05) is 44.3 Å². The molecule has 4 fully saturated rings. The first-order valence-electron chi connectivity index (χ1n) is 22.4. The van der Waals surface area contributed by atoms with Crippen LogP contribution in [0, 0.1) is 0 Å². The minimum Gasteiger partial charge on any atom is -0.394 e. The number of aliphatic hydroxyl groups excluding tert-OH is 2. The van der Waals surface area contributed by atoms with Crippen molar-refractivity contribution in [1.29, 1.82) is 0 Å². The number of rotatable bonds is 20. The van der Waals surface area contributed by atoms with Crippen LogP contribution in [-0.2, 0) is 81.5 Å². The van der Waals surface area contributed by atoms with Crippen LogP contribution in [0.2, 0.25) is 0 Å². The van der Waals surface area contributed by atoms with Crippen LogP contribution in [0.5, 0.6) is 0 Å². The molecule has 15 atom stereocenters. The Morgan fingerprint density at radius 1 is 0.573 bits per heavy atom. The Labute approximate surface area is 437 Å². The highest BCUT2D eigenvalue weighted by molar-refractivity contribution is 8.07. The summed E-state index contributed by atoms with van der Waals surface area (Å²) in [6, 6.07) is 4.11. The van der Waals surface area contributed by atoms with Gasteiger partial charge in [-0.2, -0.15) is 15.0 Å². The molecule has 32 nitrogen and oxygen atoms in total. The SMILES string of the molecule is Nc1ccn([C@H]2C[C@H](OP(O)(=S)OC[C@H]3O[C@@H](n4ccc(N)nc4=O)C[C@@H]3OP(O)(=S)OC[C@H]3O[C@@H](n4cnc5c(N)ncnc54)C[C@@H]3OP(O)(=S)OC[C@H]3O[C@@H](n4ccc(N)nc4=O)C[C@@H]3O)[C@@H](CO)O2)c(=O)n1. The van der Waals surface area contributed by atoms with E-state index in [0.717, 1.165) is 13.7 Å². The Balaban J connectivity index is 0.882. The predicted octanol–water partition coefficient (Wildman–Crippen LogP) is -1.72. The van der Waals surface area contributed by atoms with Gasteiger partial charge < -0.3 is 93.9 Å². The monoisotopic (exact) mass is 1170 g/mol. The third-order valence-electron chi connectivity index (χ3n) is 12.1. The smallest absolute Gasteiger partial charge is 0.351 e. The van der Waals surface area contributed by atoms with Gasteiger partial charge in [-0.1, -0.05) is 0 Å². The average molecular weight is 1170 g/mol. The Kier molecular flexibility index (Phi) is 16.7. The van der Waals surface area contributed by atoms with Crippen LogP contribution in [0.15, 0.2) is 63.8 Å². The van der Waals surface area contributed by atoms with Crippen molar-refractivity contribution >= 4 is 90.0 Å². The maximum absolute atomic E-state index is 12.9.